The van der Waals surface area contributed by atoms with Crippen LogP contribution in [0.4, 0.5) is 0 Å². The fourth-order valence-electron chi connectivity index (χ4n) is 2.21. The number of aryl methyl sites for hydroxylation is 1. The molecular weight excluding hydrogens is 330 g/mol. The molecule has 0 saturated heterocycles. The zero-order valence-corrected chi connectivity index (χ0v) is 14.0. The van der Waals surface area contributed by atoms with Crippen molar-refractivity contribution < 1.29 is 19.4 Å². The molecule has 2 aromatic carbocycles. The van der Waals surface area contributed by atoms with E-state index >= 15 is 0 Å². The molecule has 0 heterocycles. The lowest BCUT2D eigenvalue weighted by Gasteiger charge is -2.10. The molecule has 1 amide bonds. The Bertz CT molecular complexity index is 728. The monoisotopic (exact) mass is 347 g/mol. The molecule has 2 aromatic rings. The molecule has 2 rings (SSSR count). The minimum absolute atomic E-state index is 0.102. The molecule has 6 heteroatoms. The van der Waals surface area contributed by atoms with Crippen LogP contribution in [-0.2, 0) is 17.8 Å². The molecule has 0 aliphatic heterocycles. The van der Waals surface area contributed by atoms with Crippen molar-refractivity contribution in [3.8, 4) is 5.75 Å². The molecule has 0 spiro atoms. The summed E-state index contributed by atoms with van der Waals surface area (Å²) in [7, 11) is 1.50. The lowest BCUT2D eigenvalue weighted by Crippen LogP contribution is -2.23. The standard InChI is InChI=1S/C18H18ClNO4/c1-24-16-8-7-14(19)10-15(16)18(23)20-11-13-4-2-12(3-5-13)6-9-17(21)22/h2-5,7-8,10H,6,9,11H2,1H3,(H,20,23)(H,21,22). The second-order valence-corrected chi connectivity index (χ2v) is 5.67. The van der Waals surface area contributed by atoms with Gasteiger partial charge in [0.2, 0.25) is 0 Å². The van der Waals surface area contributed by atoms with Gasteiger partial charge in [-0.3, -0.25) is 9.59 Å². The minimum Gasteiger partial charge on any atom is -0.496 e. The number of carbonyl (C=O) groups is 2. The zero-order valence-electron chi connectivity index (χ0n) is 13.2. The van der Waals surface area contributed by atoms with Crippen molar-refractivity contribution >= 4 is 23.5 Å². The molecular formula is C18H18ClNO4. The van der Waals surface area contributed by atoms with E-state index in [0.29, 0.717) is 29.3 Å². The fourth-order valence-corrected chi connectivity index (χ4v) is 2.38. The molecule has 0 bridgehead atoms. The average molecular weight is 348 g/mol. The highest BCUT2D eigenvalue weighted by Gasteiger charge is 2.12. The van der Waals surface area contributed by atoms with E-state index in [0.717, 1.165) is 11.1 Å². The number of nitrogens with one attached hydrogen (secondary N) is 1. The van der Waals surface area contributed by atoms with E-state index in [9.17, 15) is 9.59 Å². The van der Waals surface area contributed by atoms with Gasteiger partial charge in [0.05, 0.1) is 12.7 Å². The quantitative estimate of drug-likeness (QED) is 0.805. The second kappa shape index (κ2) is 8.36. The highest BCUT2D eigenvalue weighted by atomic mass is 35.5. The van der Waals surface area contributed by atoms with Gasteiger partial charge in [0, 0.05) is 18.0 Å². The van der Waals surface area contributed by atoms with Gasteiger partial charge in [0.25, 0.3) is 5.91 Å². The number of ether oxygens (including phenoxy) is 1. The maximum Gasteiger partial charge on any atom is 0.303 e. The number of carboxylic acid groups (broad SMARTS) is 1. The van der Waals surface area contributed by atoms with Crippen molar-refractivity contribution in [1.29, 1.82) is 0 Å². The largest absolute Gasteiger partial charge is 0.496 e. The summed E-state index contributed by atoms with van der Waals surface area (Å²) >= 11 is 5.93. The van der Waals surface area contributed by atoms with Crippen LogP contribution in [0.25, 0.3) is 0 Å². The number of aliphatic carboxylic acids is 1. The molecule has 0 radical (unpaired) electrons. The predicted molar refractivity (Wildman–Crippen MR) is 91.6 cm³/mol. The van der Waals surface area contributed by atoms with Crippen LogP contribution < -0.4 is 10.1 Å². The van der Waals surface area contributed by atoms with Gasteiger partial charge in [0.1, 0.15) is 5.75 Å². The van der Waals surface area contributed by atoms with Crippen molar-refractivity contribution in [3.63, 3.8) is 0 Å². The molecule has 0 aromatic heterocycles. The van der Waals surface area contributed by atoms with E-state index in [2.05, 4.69) is 5.32 Å². The van der Waals surface area contributed by atoms with E-state index < -0.39 is 5.97 Å². The summed E-state index contributed by atoms with van der Waals surface area (Å²) in [6.45, 7) is 0.355. The number of amides is 1. The van der Waals surface area contributed by atoms with Crippen molar-refractivity contribution in [2.45, 2.75) is 19.4 Å². The molecule has 5 nitrogen and oxygen atoms in total. The summed E-state index contributed by atoms with van der Waals surface area (Å²) in [4.78, 5) is 22.8. The Balaban J connectivity index is 1.96. The van der Waals surface area contributed by atoms with E-state index in [1.54, 1.807) is 18.2 Å². The Morgan fingerprint density at radius 1 is 1.12 bits per heavy atom. The van der Waals surface area contributed by atoms with Gasteiger partial charge in [0.15, 0.2) is 0 Å². The smallest absolute Gasteiger partial charge is 0.303 e. The number of halogens is 1. The first-order valence-electron chi connectivity index (χ1n) is 7.41. The lowest BCUT2D eigenvalue weighted by molar-refractivity contribution is -0.136. The van der Waals surface area contributed by atoms with Crippen LogP contribution in [0.2, 0.25) is 5.02 Å². The Morgan fingerprint density at radius 2 is 1.79 bits per heavy atom. The first-order chi connectivity index (χ1) is 11.5. The van der Waals surface area contributed by atoms with Gasteiger partial charge in [-0.05, 0) is 35.7 Å². The summed E-state index contributed by atoms with van der Waals surface area (Å²) in [5, 5.41) is 12.0. The van der Waals surface area contributed by atoms with Crippen LogP contribution >= 0.6 is 11.6 Å². The van der Waals surface area contributed by atoms with E-state index in [1.807, 2.05) is 24.3 Å². The van der Waals surface area contributed by atoms with Crippen LogP contribution in [0.1, 0.15) is 27.9 Å². The molecule has 0 atom stereocenters. The highest BCUT2D eigenvalue weighted by molar-refractivity contribution is 6.31. The highest BCUT2D eigenvalue weighted by Crippen LogP contribution is 2.22. The van der Waals surface area contributed by atoms with Crippen LogP contribution in [0, 0.1) is 0 Å². The molecule has 0 aliphatic rings. The summed E-state index contributed by atoms with van der Waals surface area (Å²) in [6, 6.07) is 12.3. The summed E-state index contributed by atoms with van der Waals surface area (Å²) in [5.74, 6) is -0.632. The Hall–Kier alpha value is -2.53. The normalized spacial score (nSPS) is 10.2. The Kier molecular flexibility index (Phi) is 6.21. The summed E-state index contributed by atoms with van der Waals surface area (Å²) < 4.78 is 5.17. The van der Waals surface area contributed by atoms with Gasteiger partial charge in [-0.15, -0.1) is 0 Å². The van der Waals surface area contributed by atoms with Crippen molar-refractivity contribution in [2.75, 3.05) is 7.11 Å². The number of carboxylic acids is 1. The number of hydrogen-bond acceptors (Lipinski definition) is 3. The van der Waals surface area contributed by atoms with Crippen molar-refractivity contribution in [3.05, 3.63) is 64.2 Å². The summed E-state index contributed by atoms with van der Waals surface area (Å²) in [6.07, 6.45) is 0.590. The van der Waals surface area contributed by atoms with Crippen LogP contribution in [0.3, 0.4) is 0 Å². The molecule has 0 unspecified atom stereocenters. The topological polar surface area (TPSA) is 75.6 Å². The molecule has 24 heavy (non-hydrogen) atoms. The van der Waals surface area contributed by atoms with Crippen molar-refractivity contribution in [1.82, 2.24) is 5.32 Å². The predicted octanol–water partition coefficient (Wildman–Crippen LogP) is 3.30. The SMILES string of the molecule is COc1ccc(Cl)cc1C(=O)NCc1ccc(CCC(=O)O)cc1. The maximum atomic E-state index is 12.3. The zero-order chi connectivity index (χ0) is 17.5. The number of carbonyl (C=O) groups excluding carboxylic acids is 1. The fraction of sp³-hybridized carbons (Fsp3) is 0.222. The lowest BCUT2D eigenvalue weighted by atomic mass is 10.1. The first-order valence-corrected chi connectivity index (χ1v) is 7.78. The third-order valence-corrected chi connectivity index (χ3v) is 3.74. The molecule has 0 aliphatic carbocycles. The van der Waals surface area contributed by atoms with Gasteiger partial charge in [-0.2, -0.15) is 0 Å². The van der Waals surface area contributed by atoms with E-state index in [-0.39, 0.29) is 12.3 Å². The maximum absolute atomic E-state index is 12.3. The van der Waals surface area contributed by atoms with Gasteiger partial charge in [-0.25, -0.2) is 0 Å². The molecule has 2 N–H and O–H groups in total. The number of hydrogen-bond donors (Lipinski definition) is 2. The summed E-state index contributed by atoms with van der Waals surface area (Å²) in [5.41, 5.74) is 2.25. The van der Waals surface area contributed by atoms with Gasteiger partial charge < -0.3 is 15.2 Å². The number of benzene rings is 2. The third kappa shape index (κ3) is 4.99. The molecule has 126 valence electrons. The minimum atomic E-state index is -0.818. The first kappa shape index (κ1) is 17.8. The Morgan fingerprint density at radius 3 is 2.42 bits per heavy atom. The molecule has 0 fully saturated rings. The number of methoxy groups -OCH3 is 1. The number of rotatable bonds is 7. The van der Waals surface area contributed by atoms with Crippen LogP contribution in [0.15, 0.2) is 42.5 Å². The van der Waals surface area contributed by atoms with E-state index in [4.69, 9.17) is 21.4 Å². The average Bonchev–Trinajstić information content (AvgIpc) is 2.58. The van der Waals surface area contributed by atoms with Crippen LogP contribution in [0.5, 0.6) is 5.75 Å². The van der Waals surface area contributed by atoms with Gasteiger partial charge >= 0.3 is 5.97 Å². The Labute approximate surface area is 145 Å². The second-order valence-electron chi connectivity index (χ2n) is 5.24. The molecule has 0 saturated carbocycles. The van der Waals surface area contributed by atoms with Crippen molar-refractivity contribution in [2.24, 2.45) is 0 Å². The van der Waals surface area contributed by atoms with Gasteiger partial charge in [-0.1, -0.05) is 35.9 Å². The van der Waals surface area contributed by atoms with Crippen LogP contribution in [-0.4, -0.2) is 24.1 Å². The van der Waals surface area contributed by atoms with E-state index in [1.165, 1.54) is 7.11 Å². The third-order valence-electron chi connectivity index (χ3n) is 3.51.